The van der Waals surface area contributed by atoms with E-state index in [-0.39, 0.29) is 5.82 Å². The molecule has 0 saturated carbocycles. The lowest BCUT2D eigenvalue weighted by atomic mass is 10.0. The summed E-state index contributed by atoms with van der Waals surface area (Å²) < 4.78 is 15.7. The zero-order valence-electron chi connectivity index (χ0n) is 9.94. The first-order valence-corrected chi connectivity index (χ1v) is 5.68. The molecule has 1 aliphatic rings. The predicted octanol–water partition coefficient (Wildman–Crippen LogP) is 2.22. The summed E-state index contributed by atoms with van der Waals surface area (Å²) >= 11 is 0. The second kappa shape index (κ2) is 3.58. The molecule has 1 aromatic carbocycles. The lowest BCUT2D eigenvalue weighted by molar-refractivity contribution is 0.616. The number of halogens is 1. The maximum atomic E-state index is 14.0. The normalized spacial score (nSPS) is 14.2. The number of aryl methyl sites for hydroxylation is 1. The number of anilines is 1. The van der Waals surface area contributed by atoms with E-state index in [1.165, 1.54) is 0 Å². The second-order valence-corrected chi connectivity index (χ2v) is 4.53. The van der Waals surface area contributed by atoms with Gasteiger partial charge < -0.3 is 4.90 Å². The van der Waals surface area contributed by atoms with Crippen LogP contribution < -0.4 is 4.90 Å². The highest BCUT2D eigenvalue weighted by Gasteiger charge is 2.20. The Hall–Kier alpha value is -1.84. The zero-order valence-corrected chi connectivity index (χ0v) is 9.94. The van der Waals surface area contributed by atoms with Crippen LogP contribution >= 0.6 is 0 Å². The summed E-state index contributed by atoms with van der Waals surface area (Å²) in [5.41, 5.74) is 3.68. The fourth-order valence-electron chi connectivity index (χ4n) is 2.35. The molecule has 0 radical (unpaired) electrons. The smallest absolute Gasteiger partial charge is 0.129 e. The number of nitrogens with zero attached hydrogens (tertiary/aromatic N) is 3. The topological polar surface area (TPSA) is 21.1 Å². The first-order chi connectivity index (χ1) is 8.15. The minimum absolute atomic E-state index is 0.106. The Kier molecular flexibility index (Phi) is 2.18. The number of likely N-dealkylation sites (N-methyl/N-ethyl adjacent to an activating group) is 1. The van der Waals surface area contributed by atoms with Crippen molar-refractivity contribution in [1.29, 1.82) is 0 Å². The molecule has 3 rings (SSSR count). The largest absolute Gasteiger partial charge is 0.374 e. The van der Waals surface area contributed by atoms with Gasteiger partial charge in [-0.15, -0.1) is 0 Å². The number of hydrogen-bond donors (Lipinski definition) is 0. The molecule has 0 aliphatic carbocycles. The Balaban J connectivity index is 2.14. The van der Waals surface area contributed by atoms with Gasteiger partial charge in [-0.3, -0.25) is 4.68 Å². The molecule has 0 unspecified atom stereocenters. The van der Waals surface area contributed by atoms with E-state index in [0.29, 0.717) is 0 Å². The molecule has 0 N–H and O–H groups in total. The summed E-state index contributed by atoms with van der Waals surface area (Å²) in [6.45, 7) is 0.892. The molecular formula is C13H14FN3. The van der Waals surface area contributed by atoms with Crippen LogP contribution in [0.2, 0.25) is 0 Å². The van der Waals surface area contributed by atoms with E-state index in [4.69, 9.17) is 0 Å². The standard InChI is InChI=1S/C13H14FN3/c1-16-4-3-11-12(14)5-9(6-13(11)16)10-7-15-17(2)8-10/h5-8H,3-4H2,1-2H3. The van der Waals surface area contributed by atoms with Gasteiger partial charge in [-0.1, -0.05) is 0 Å². The summed E-state index contributed by atoms with van der Waals surface area (Å²) in [4.78, 5) is 2.10. The van der Waals surface area contributed by atoms with E-state index in [1.54, 1.807) is 16.9 Å². The highest BCUT2D eigenvalue weighted by molar-refractivity contribution is 5.71. The van der Waals surface area contributed by atoms with Gasteiger partial charge in [0.05, 0.1) is 6.20 Å². The van der Waals surface area contributed by atoms with Crippen molar-refractivity contribution in [2.45, 2.75) is 6.42 Å². The number of rotatable bonds is 1. The van der Waals surface area contributed by atoms with Crippen molar-refractivity contribution in [3.63, 3.8) is 0 Å². The van der Waals surface area contributed by atoms with Crippen molar-refractivity contribution in [1.82, 2.24) is 9.78 Å². The van der Waals surface area contributed by atoms with Gasteiger partial charge in [-0.2, -0.15) is 5.10 Å². The molecule has 88 valence electrons. The Morgan fingerprint density at radius 1 is 1.24 bits per heavy atom. The van der Waals surface area contributed by atoms with Crippen LogP contribution in [0.15, 0.2) is 24.5 Å². The van der Waals surface area contributed by atoms with Gasteiger partial charge in [-0.05, 0) is 24.1 Å². The van der Waals surface area contributed by atoms with Crippen molar-refractivity contribution in [2.24, 2.45) is 7.05 Å². The predicted molar refractivity (Wildman–Crippen MR) is 65.6 cm³/mol. The monoisotopic (exact) mass is 231 g/mol. The van der Waals surface area contributed by atoms with Crippen molar-refractivity contribution in [3.05, 3.63) is 35.9 Å². The van der Waals surface area contributed by atoms with Gasteiger partial charge in [0, 0.05) is 43.7 Å². The Morgan fingerprint density at radius 2 is 2.06 bits per heavy atom. The maximum Gasteiger partial charge on any atom is 0.129 e. The van der Waals surface area contributed by atoms with Crippen molar-refractivity contribution in [3.8, 4) is 11.1 Å². The van der Waals surface area contributed by atoms with Crippen molar-refractivity contribution < 1.29 is 4.39 Å². The van der Waals surface area contributed by atoms with Crippen LogP contribution in [-0.2, 0) is 13.5 Å². The summed E-state index contributed by atoms with van der Waals surface area (Å²) in [7, 11) is 3.86. The van der Waals surface area contributed by atoms with Crippen LogP contribution in [0.4, 0.5) is 10.1 Å². The van der Waals surface area contributed by atoms with E-state index < -0.39 is 0 Å². The van der Waals surface area contributed by atoms with Gasteiger partial charge in [0.2, 0.25) is 0 Å². The quantitative estimate of drug-likeness (QED) is 0.750. The van der Waals surface area contributed by atoms with E-state index in [9.17, 15) is 4.39 Å². The van der Waals surface area contributed by atoms with Gasteiger partial charge in [0.25, 0.3) is 0 Å². The van der Waals surface area contributed by atoms with Gasteiger partial charge >= 0.3 is 0 Å². The molecule has 0 saturated heterocycles. The van der Waals surface area contributed by atoms with E-state index in [0.717, 1.165) is 35.3 Å². The van der Waals surface area contributed by atoms with Crippen LogP contribution in [0.3, 0.4) is 0 Å². The lowest BCUT2D eigenvalue weighted by Crippen LogP contribution is -2.12. The molecule has 4 heteroatoms. The number of hydrogen-bond acceptors (Lipinski definition) is 2. The second-order valence-electron chi connectivity index (χ2n) is 4.53. The van der Waals surface area contributed by atoms with Crippen molar-refractivity contribution >= 4 is 5.69 Å². The molecule has 0 bridgehead atoms. The fraction of sp³-hybridized carbons (Fsp3) is 0.308. The zero-order chi connectivity index (χ0) is 12.0. The molecule has 2 aromatic rings. The Labute approximate surface area is 99.5 Å². The third-order valence-electron chi connectivity index (χ3n) is 3.32. The van der Waals surface area contributed by atoms with Crippen LogP contribution in [0.25, 0.3) is 11.1 Å². The molecule has 0 amide bonds. The first-order valence-electron chi connectivity index (χ1n) is 5.68. The minimum atomic E-state index is -0.106. The summed E-state index contributed by atoms with van der Waals surface area (Å²) in [6, 6.07) is 3.65. The molecule has 1 aromatic heterocycles. The van der Waals surface area contributed by atoms with Crippen LogP contribution in [0.1, 0.15) is 5.56 Å². The molecular weight excluding hydrogens is 217 g/mol. The van der Waals surface area contributed by atoms with E-state index in [1.807, 2.05) is 26.4 Å². The van der Waals surface area contributed by atoms with Crippen LogP contribution in [0.5, 0.6) is 0 Å². The fourth-order valence-corrected chi connectivity index (χ4v) is 2.35. The minimum Gasteiger partial charge on any atom is -0.374 e. The average Bonchev–Trinajstić information content (AvgIpc) is 2.87. The molecule has 0 fully saturated rings. The summed E-state index contributed by atoms with van der Waals surface area (Å²) in [6.07, 6.45) is 4.46. The third-order valence-corrected chi connectivity index (χ3v) is 3.32. The van der Waals surface area contributed by atoms with Crippen molar-refractivity contribution in [2.75, 3.05) is 18.5 Å². The van der Waals surface area contributed by atoms with Gasteiger partial charge in [0.1, 0.15) is 5.82 Å². The number of benzene rings is 1. The highest BCUT2D eigenvalue weighted by Crippen LogP contribution is 2.33. The highest BCUT2D eigenvalue weighted by atomic mass is 19.1. The first kappa shape index (κ1) is 10.3. The number of aromatic nitrogens is 2. The third kappa shape index (κ3) is 1.60. The maximum absolute atomic E-state index is 14.0. The molecule has 3 nitrogen and oxygen atoms in total. The molecule has 1 aliphatic heterocycles. The number of fused-ring (bicyclic) bond motifs is 1. The SMILES string of the molecule is CN1CCc2c(F)cc(-c3cnn(C)c3)cc21. The Morgan fingerprint density at radius 3 is 2.76 bits per heavy atom. The lowest BCUT2D eigenvalue weighted by Gasteiger charge is -2.13. The van der Waals surface area contributed by atoms with E-state index in [2.05, 4.69) is 10.00 Å². The van der Waals surface area contributed by atoms with E-state index >= 15 is 0 Å². The molecule has 0 spiro atoms. The molecule has 2 heterocycles. The van der Waals surface area contributed by atoms with Gasteiger partial charge in [0.15, 0.2) is 0 Å². The van der Waals surface area contributed by atoms with Crippen LogP contribution in [0, 0.1) is 5.82 Å². The summed E-state index contributed by atoms with van der Waals surface area (Å²) in [5.74, 6) is -0.106. The average molecular weight is 231 g/mol. The molecule has 0 atom stereocenters. The Bertz CT molecular complexity index is 574. The van der Waals surface area contributed by atoms with Crippen LogP contribution in [-0.4, -0.2) is 23.4 Å². The molecule has 17 heavy (non-hydrogen) atoms. The van der Waals surface area contributed by atoms with Gasteiger partial charge in [-0.25, -0.2) is 4.39 Å². The summed E-state index contributed by atoms with van der Waals surface area (Å²) in [5, 5.41) is 4.12.